The number of hydrogen-bond donors (Lipinski definition) is 2. The average Bonchev–Trinajstić information content (AvgIpc) is 2.15. The first-order chi connectivity index (χ1) is 6.24. The Morgan fingerprint density at radius 3 is 2.43 bits per heavy atom. The molecule has 1 rings (SSSR count). The molecule has 1 unspecified atom stereocenters. The maximum absolute atomic E-state index is 10.5. The van der Waals surface area contributed by atoms with Gasteiger partial charge in [0.1, 0.15) is 0 Å². The van der Waals surface area contributed by atoms with Crippen molar-refractivity contribution in [2.24, 2.45) is 5.90 Å². The minimum absolute atomic E-state index is 0. The molecule has 0 saturated heterocycles. The van der Waals surface area contributed by atoms with Crippen molar-refractivity contribution in [3.8, 4) is 0 Å². The summed E-state index contributed by atoms with van der Waals surface area (Å²) in [5.41, 5.74) is 0.889. The predicted molar refractivity (Wildman–Crippen MR) is 53.6 cm³/mol. The van der Waals surface area contributed by atoms with Gasteiger partial charge in [-0.15, -0.1) is 0 Å². The maximum Gasteiger partial charge on any atom is 0.335 e. The van der Waals surface area contributed by atoms with E-state index in [4.69, 9.17) is 11.0 Å². The van der Waals surface area contributed by atoms with E-state index < -0.39 is 12.1 Å². The molecule has 14 heavy (non-hydrogen) atoms. The number of aliphatic carboxylic acids is 1. The van der Waals surface area contributed by atoms with Gasteiger partial charge in [-0.1, -0.05) is 37.8 Å². The highest BCUT2D eigenvalue weighted by molar-refractivity contribution is 5.72. The van der Waals surface area contributed by atoms with Gasteiger partial charge in [-0.3, -0.25) is 4.84 Å². The van der Waals surface area contributed by atoms with E-state index in [0.29, 0.717) is 0 Å². The lowest BCUT2D eigenvalue weighted by atomic mass is 10.1. The van der Waals surface area contributed by atoms with Gasteiger partial charge in [-0.25, -0.2) is 10.7 Å². The first kappa shape index (κ1) is 12.6. The van der Waals surface area contributed by atoms with Crippen LogP contribution in [0.3, 0.4) is 0 Å². The Balaban J connectivity index is 0.00000169. The highest BCUT2D eigenvalue weighted by atomic mass is 16.6. The fraction of sp³-hybridized carbons (Fsp3) is 0.300. The molecule has 0 aromatic heterocycles. The zero-order valence-corrected chi connectivity index (χ0v) is 7.01. The normalized spacial score (nSPS) is 11.5. The largest absolute Gasteiger partial charge is 0.479 e. The van der Waals surface area contributed by atoms with Crippen LogP contribution in [0.4, 0.5) is 0 Å². The molecule has 0 aliphatic carbocycles. The smallest absolute Gasteiger partial charge is 0.335 e. The molecular formula is C10H15NO3. The Morgan fingerprint density at radius 2 is 2.00 bits per heavy atom. The van der Waals surface area contributed by atoms with Crippen LogP contribution in [0.1, 0.15) is 13.0 Å². The minimum Gasteiger partial charge on any atom is -0.479 e. The van der Waals surface area contributed by atoms with Crippen LogP contribution in [0.25, 0.3) is 0 Å². The van der Waals surface area contributed by atoms with Crippen LogP contribution in [0.15, 0.2) is 30.3 Å². The first-order valence-corrected chi connectivity index (χ1v) is 3.86. The second-order valence-electron chi connectivity index (χ2n) is 2.65. The molecule has 1 aromatic rings. The molecule has 0 aliphatic rings. The summed E-state index contributed by atoms with van der Waals surface area (Å²) < 4.78 is 0. The number of hydrogen-bond acceptors (Lipinski definition) is 3. The van der Waals surface area contributed by atoms with Crippen molar-refractivity contribution in [3.05, 3.63) is 35.9 Å². The lowest BCUT2D eigenvalue weighted by Crippen LogP contribution is -2.29. The van der Waals surface area contributed by atoms with Crippen molar-refractivity contribution in [1.82, 2.24) is 0 Å². The van der Waals surface area contributed by atoms with E-state index >= 15 is 0 Å². The van der Waals surface area contributed by atoms with E-state index in [9.17, 15) is 4.79 Å². The Kier molecular flexibility index (Phi) is 5.52. The van der Waals surface area contributed by atoms with Gasteiger partial charge in [-0.05, 0) is 5.56 Å². The lowest BCUT2D eigenvalue weighted by Gasteiger charge is -2.08. The van der Waals surface area contributed by atoms with E-state index in [1.807, 2.05) is 30.3 Å². The third-order valence-electron chi connectivity index (χ3n) is 1.70. The number of carboxylic acids is 1. The van der Waals surface area contributed by atoms with Crippen molar-refractivity contribution in [2.45, 2.75) is 20.0 Å². The fourth-order valence-corrected chi connectivity index (χ4v) is 1.02. The number of nitrogens with two attached hydrogens (primary N) is 1. The van der Waals surface area contributed by atoms with Crippen LogP contribution in [-0.2, 0) is 16.1 Å². The molecule has 3 N–H and O–H groups in total. The van der Waals surface area contributed by atoms with Crippen LogP contribution in [0, 0.1) is 0 Å². The first-order valence-electron chi connectivity index (χ1n) is 3.86. The maximum atomic E-state index is 10.5. The topological polar surface area (TPSA) is 72.5 Å². The standard InChI is InChI=1S/C9H11NO3.CH4/c10-13-8(9(11)12)6-7-4-2-1-3-5-7;/h1-5,8H,6,10H2,(H,11,12);1H4. The molecule has 4 nitrogen and oxygen atoms in total. The third-order valence-corrected chi connectivity index (χ3v) is 1.70. The number of rotatable bonds is 4. The SMILES string of the molecule is C.NOC(Cc1ccccc1)C(=O)O. The van der Waals surface area contributed by atoms with Crippen LogP contribution in [0.5, 0.6) is 0 Å². The van der Waals surface area contributed by atoms with Crippen molar-refractivity contribution < 1.29 is 14.7 Å². The van der Waals surface area contributed by atoms with Crippen molar-refractivity contribution >= 4 is 5.97 Å². The molecule has 0 radical (unpaired) electrons. The van der Waals surface area contributed by atoms with E-state index in [1.54, 1.807) is 0 Å². The van der Waals surface area contributed by atoms with Gasteiger partial charge in [0.2, 0.25) is 0 Å². The molecule has 0 bridgehead atoms. The van der Waals surface area contributed by atoms with Crippen LogP contribution in [-0.4, -0.2) is 17.2 Å². The summed E-state index contributed by atoms with van der Waals surface area (Å²) in [6.45, 7) is 0. The van der Waals surface area contributed by atoms with Crippen molar-refractivity contribution in [1.29, 1.82) is 0 Å². The predicted octanol–water partition coefficient (Wildman–Crippen LogP) is 1.21. The summed E-state index contributed by atoms with van der Waals surface area (Å²) in [5, 5.41) is 8.63. The van der Waals surface area contributed by atoms with Crippen molar-refractivity contribution in [3.63, 3.8) is 0 Å². The summed E-state index contributed by atoms with van der Waals surface area (Å²) in [7, 11) is 0. The quantitative estimate of drug-likeness (QED) is 0.711. The Hall–Kier alpha value is -1.39. The molecule has 0 heterocycles. The van der Waals surface area contributed by atoms with Gasteiger partial charge in [0.15, 0.2) is 6.10 Å². The summed E-state index contributed by atoms with van der Waals surface area (Å²) in [5.74, 6) is 3.79. The summed E-state index contributed by atoms with van der Waals surface area (Å²) in [4.78, 5) is 14.8. The lowest BCUT2D eigenvalue weighted by molar-refractivity contribution is -0.150. The summed E-state index contributed by atoms with van der Waals surface area (Å²) in [6, 6.07) is 9.20. The highest BCUT2D eigenvalue weighted by Crippen LogP contribution is 2.04. The molecule has 0 aliphatic heterocycles. The zero-order chi connectivity index (χ0) is 9.68. The van der Waals surface area contributed by atoms with E-state index in [-0.39, 0.29) is 13.8 Å². The molecule has 1 atom stereocenters. The molecule has 78 valence electrons. The Bertz CT molecular complexity index is 274. The van der Waals surface area contributed by atoms with E-state index in [0.717, 1.165) is 5.56 Å². The second-order valence-corrected chi connectivity index (χ2v) is 2.65. The number of carboxylic acid groups (broad SMARTS) is 1. The molecule has 4 heteroatoms. The van der Waals surface area contributed by atoms with Gasteiger partial charge < -0.3 is 5.11 Å². The molecule has 0 amide bonds. The molecule has 0 spiro atoms. The number of carbonyl (C=O) groups is 1. The Morgan fingerprint density at radius 1 is 1.43 bits per heavy atom. The molecular weight excluding hydrogens is 182 g/mol. The minimum atomic E-state index is -1.05. The third kappa shape index (κ3) is 3.55. The molecule has 1 aromatic carbocycles. The molecule has 0 fully saturated rings. The number of benzene rings is 1. The second kappa shape index (κ2) is 6.12. The van der Waals surface area contributed by atoms with Crippen LogP contribution in [0.2, 0.25) is 0 Å². The zero-order valence-electron chi connectivity index (χ0n) is 7.01. The van der Waals surface area contributed by atoms with Gasteiger partial charge in [0.25, 0.3) is 0 Å². The molecule has 0 saturated carbocycles. The van der Waals surface area contributed by atoms with Gasteiger partial charge in [-0.2, -0.15) is 0 Å². The van der Waals surface area contributed by atoms with Gasteiger partial charge >= 0.3 is 5.97 Å². The Labute approximate surface area is 83.3 Å². The van der Waals surface area contributed by atoms with Crippen molar-refractivity contribution in [2.75, 3.05) is 0 Å². The fourth-order valence-electron chi connectivity index (χ4n) is 1.02. The summed E-state index contributed by atoms with van der Waals surface area (Å²) >= 11 is 0. The van der Waals surface area contributed by atoms with Crippen LogP contribution >= 0.6 is 0 Å². The van der Waals surface area contributed by atoms with Gasteiger partial charge in [0, 0.05) is 6.42 Å². The average molecular weight is 197 g/mol. The van der Waals surface area contributed by atoms with Crippen LogP contribution < -0.4 is 5.90 Å². The summed E-state index contributed by atoms with van der Waals surface area (Å²) in [6.07, 6.45) is -0.686. The van der Waals surface area contributed by atoms with E-state index in [2.05, 4.69) is 4.84 Å². The monoisotopic (exact) mass is 197 g/mol. The highest BCUT2D eigenvalue weighted by Gasteiger charge is 2.17. The van der Waals surface area contributed by atoms with E-state index in [1.165, 1.54) is 0 Å². The van der Waals surface area contributed by atoms with Gasteiger partial charge in [0.05, 0.1) is 0 Å².